The molecule has 0 aromatic heterocycles. The van der Waals surface area contributed by atoms with Gasteiger partial charge in [-0.2, -0.15) is 0 Å². The van der Waals surface area contributed by atoms with E-state index in [-0.39, 0.29) is 23.8 Å². The number of ether oxygens (including phenoxy) is 2. The summed E-state index contributed by atoms with van der Waals surface area (Å²) in [6.07, 6.45) is 0.975. The summed E-state index contributed by atoms with van der Waals surface area (Å²) in [5.41, 5.74) is 1.14. The van der Waals surface area contributed by atoms with Crippen LogP contribution in [0.3, 0.4) is 0 Å². The smallest absolute Gasteiger partial charge is 0.416 e. The summed E-state index contributed by atoms with van der Waals surface area (Å²) in [4.78, 5) is 25.7. The molecule has 0 spiro atoms. The highest BCUT2D eigenvalue weighted by Crippen LogP contribution is 2.23. The van der Waals surface area contributed by atoms with Gasteiger partial charge in [-0.1, -0.05) is 51.1 Å². The fraction of sp³-hybridized carbons (Fsp3) is 0.579. The Morgan fingerprint density at radius 2 is 2.00 bits per heavy atom. The highest BCUT2D eigenvalue weighted by Gasteiger charge is 2.40. The molecule has 0 N–H and O–H groups in total. The van der Waals surface area contributed by atoms with Crippen LogP contribution in [-0.4, -0.2) is 36.2 Å². The third-order valence-corrected chi connectivity index (χ3v) is 4.37. The largest absolute Gasteiger partial charge is 0.447 e. The number of rotatable bonds is 8. The van der Waals surface area contributed by atoms with Crippen molar-refractivity contribution in [3.8, 4) is 0 Å². The van der Waals surface area contributed by atoms with Gasteiger partial charge in [0.05, 0.1) is 12.6 Å². The van der Waals surface area contributed by atoms with Gasteiger partial charge in [0, 0.05) is 12.5 Å². The predicted molar refractivity (Wildman–Crippen MR) is 91.3 cm³/mol. The Morgan fingerprint density at radius 3 is 2.67 bits per heavy atom. The third-order valence-electron chi connectivity index (χ3n) is 4.37. The van der Waals surface area contributed by atoms with Crippen LogP contribution in [0.5, 0.6) is 0 Å². The minimum atomic E-state index is -0.508. The monoisotopic (exact) mass is 333 g/mol. The summed E-state index contributed by atoms with van der Waals surface area (Å²) in [6.45, 7) is 7.34. The zero-order chi connectivity index (χ0) is 17.5. The second kappa shape index (κ2) is 8.83. The van der Waals surface area contributed by atoms with E-state index < -0.39 is 6.09 Å². The third kappa shape index (κ3) is 4.81. The van der Waals surface area contributed by atoms with Gasteiger partial charge in [0.1, 0.15) is 6.61 Å². The number of hydrogen-bond donors (Lipinski definition) is 0. The molecule has 0 radical (unpaired) electrons. The van der Waals surface area contributed by atoms with Crippen LogP contribution < -0.4 is 0 Å². The molecule has 1 aromatic carbocycles. The van der Waals surface area contributed by atoms with Gasteiger partial charge in [-0.25, -0.2) is 9.69 Å². The number of hydrogen-bond acceptors (Lipinski definition) is 4. The maximum Gasteiger partial charge on any atom is 0.416 e. The highest BCUT2D eigenvalue weighted by molar-refractivity contribution is 5.94. The lowest BCUT2D eigenvalue weighted by atomic mass is 10.00. The molecule has 2 amide bonds. The molecule has 1 aromatic rings. The van der Waals surface area contributed by atoms with Crippen LogP contribution in [0.2, 0.25) is 0 Å². The highest BCUT2D eigenvalue weighted by atomic mass is 16.6. The molecular formula is C19H27NO4. The van der Waals surface area contributed by atoms with Crippen molar-refractivity contribution in [2.45, 2.75) is 46.3 Å². The maximum atomic E-state index is 12.5. The van der Waals surface area contributed by atoms with Crippen LogP contribution in [-0.2, 0) is 20.9 Å². The van der Waals surface area contributed by atoms with Crippen molar-refractivity contribution in [1.82, 2.24) is 4.90 Å². The van der Waals surface area contributed by atoms with Gasteiger partial charge in [-0.3, -0.25) is 4.79 Å². The van der Waals surface area contributed by atoms with Gasteiger partial charge in [0.15, 0.2) is 0 Å². The molecule has 0 aliphatic carbocycles. The Hall–Kier alpha value is -1.88. The topological polar surface area (TPSA) is 55.8 Å². The molecular weight excluding hydrogens is 306 g/mol. The first-order valence-electron chi connectivity index (χ1n) is 8.62. The minimum absolute atomic E-state index is 0.140. The quantitative estimate of drug-likeness (QED) is 0.682. The molecule has 24 heavy (non-hydrogen) atoms. The zero-order valence-electron chi connectivity index (χ0n) is 14.7. The number of amides is 2. The van der Waals surface area contributed by atoms with Crippen molar-refractivity contribution >= 4 is 12.0 Å². The average molecular weight is 333 g/mol. The first-order chi connectivity index (χ1) is 11.5. The molecule has 5 heteroatoms. The lowest BCUT2D eigenvalue weighted by Gasteiger charge is -2.25. The van der Waals surface area contributed by atoms with E-state index in [0.29, 0.717) is 26.2 Å². The van der Waals surface area contributed by atoms with Crippen LogP contribution in [0.4, 0.5) is 4.79 Å². The van der Waals surface area contributed by atoms with Crippen LogP contribution >= 0.6 is 0 Å². The first-order valence-corrected chi connectivity index (χ1v) is 8.62. The van der Waals surface area contributed by atoms with Gasteiger partial charge >= 0.3 is 6.09 Å². The number of nitrogens with zero attached hydrogens (tertiary/aromatic N) is 1. The van der Waals surface area contributed by atoms with Gasteiger partial charge in [0.25, 0.3) is 0 Å². The lowest BCUT2D eigenvalue weighted by Crippen LogP contribution is -2.44. The molecule has 0 saturated carbocycles. The molecule has 2 rings (SSSR count). The zero-order valence-corrected chi connectivity index (χ0v) is 14.7. The number of benzene rings is 1. The van der Waals surface area contributed by atoms with E-state index in [1.54, 1.807) is 0 Å². The second-order valence-electron chi connectivity index (χ2n) is 6.68. The summed E-state index contributed by atoms with van der Waals surface area (Å²) >= 11 is 0. The Bertz CT molecular complexity index is 544. The van der Waals surface area contributed by atoms with E-state index >= 15 is 0 Å². The molecule has 132 valence electrons. The molecule has 5 nitrogen and oxygen atoms in total. The van der Waals surface area contributed by atoms with Gasteiger partial charge in [0.2, 0.25) is 5.91 Å². The molecule has 1 aliphatic rings. The van der Waals surface area contributed by atoms with E-state index in [4.69, 9.17) is 9.47 Å². The van der Waals surface area contributed by atoms with Crippen LogP contribution in [0.15, 0.2) is 30.3 Å². The molecule has 1 fully saturated rings. The molecule has 1 aliphatic heterocycles. The second-order valence-corrected chi connectivity index (χ2v) is 6.68. The molecule has 0 unspecified atom stereocenters. The van der Waals surface area contributed by atoms with E-state index in [9.17, 15) is 9.59 Å². The Morgan fingerprint density at radius 1 is 1.29 bits per heavy atom. The number of cyclic esters (lactones) is 1. The molecule has 1 saturated heterocycles. The van der Waals surface area contributed by atoms with Crippen molar-refractivity contribution in [3.63, 3.8) is 0 Å². The SMILES string of the molecule is CC(C)[C@@H]1COC(=O)N1C(=O)[C@H](C)CCCOCc1ccccc1. The Labute approximate surface area is 143 Å². The van der Waals surface area contributed by atoms with Gasteiger partial charge in [-0.05, 0) is 24.3 Å². The molecule has 2 atom stereocenters. The lowest BCUT2D eigenvalue weighted by molar-refractivity contribution is -0.133. The van der Waals surface area contributed by atoms with E-state index in [2.05, 4.69) is 0 Å². The van der Waals surface area contributed by atoms with E-state index in [1.165, 1.54) is 4.90 Å². The summed E-state index contributed by atoms with van der Waals surface area (Å²) in [6, 6.07) is 9.85. The summed E-state index contributed by atoms with van der Waals surface area (Å²) in [5, 5.41) is 0. The van der Waals surface area contributed by atoms with Crippen molar-refractivity contribution in [3.05, 3.63) is 35.9 Å². The number of carbonyl (C=O) groups is 2. The number of carbonyl (C=O) groups excluding carboxylic acids is 2. The molecule has 0 bridgehead atoms. The average Bonchev–Trinajstić information content (AvgIpc) is 2.96. The number of imide groups is 1. The van der Waals surface area contributed by atoms with E-state index in [1.807, 2.05) is 51.1 Å². The molecule has 1 heterocycles. The van der Waals surface area contributed by atoms with Crippen molar-refractivity contribution < 1.29 is 19.1 Å². The fourth-order valence-corrected chi connectivity index (χ4v) is 2.80. The Balaban J connectivity index is 1.72. The predicted octanol–water partition coefficient (Wildman–Crippen LogP) is 3.62. The van der Waals surface area contributed by atoms with Crippen LogP contribution in [0, 0.1) is 11.8 Å². The van der Waals surface area contributed by atoms with Gasteiger partial charge in [-0.15, -0.1) is 0 Å². The first kappa shape index (κ1) is 18.5. The Kier molecular flexibility index (Phi) is 6.79. The van der Waals surface area contributed by atoms with Crippen molar-refractivity contribution in [2.75, 3.05) is 13.2 Å². The van der Waals surface area contributed by atoms with E-state index in [0.717, 1.165) is 12.0 Å². The normalized spacial score (nSPS) is 18.8. The maximum absolute atomic E-state index is 12.5. The standard InChI is InChI=1S/C19H27NO4/c1-14(2)17-13-24-19(22)20(17)18(21)15(3)8-7-11-23-12-16-9-5-4-6-10-16/h4-6,9-10,14-15,17H,7-8,11-13H2,1-3H3/t15-,17+/m1/s1. The minimum Gasteiger partial charge on any atom is -0.447 e. The summed E-state index contributed by atoms with van der Waals surface area (Å²) < 4.78 is 10.7. The summed E-state index contributed by atoms with van der Waals surface area (Å²) in [7, 11) is 0. The summed E-state index contributed by atoms with van der Waals surface area (Å²) in [5.74, 6) is -0.154. The van der Waals surface area contributed by atoms with Crippen LogP contribution in [0.25, 0.3) is 0 Å². The van der Waals surface area contributed by atoms with Crippen LogP contribution in [0.1, 0.15) is 39.2 Å². The van der Waals surface area contributed by atoms with Gasteiger partial charge < -0.3 is 9.47 Å². The van der Waals surface area contributed by atoms with Crippen molar-refractivity contribution in [1.29, 1.82) is 0 Å². The van der Waals surface area contributed by atoms with Crippen molar-refractivity contribution in [2.24, 2.45) is 11.8 Å². The fourth-order valence-electron chi connectivity index (χ4n) is 2.80.